The van der Waals surface area contributed by atoms with Gasteiger partial charge in [-0.25, -0.2) is 0 Å². The van der Waals surface area contributed by atoms with Crippen molar-refractivity contribution in [2.75, 3.05) is 18.1 Å². The summed E-state index contributed by atoms with van der Waals surface area (Å²) in [6.45, 7) is 2.78. The topological polar surface area (TPSA) is 35.2 Å². The second kappa shape index (κ2) is 6.36. The molecule has 0 saturated heterocycles. The number of nitrogen functional groups attached to an aromatic ring is 1. The number of thioether (sulfide) groups is 1. The van der Waals surface area contributed by atoms with Crippen LogP contribution in [-0.2, 0) is 0 Å². The highest BCUT2D eigenvalue weighted by atomic mass is 32.2. The molecular formula is C15H17NOS. The zero-order valence-corrected chi connectivity index (χ0v) is 11.2. The summed E-state index contributed by atoms with van der Waals surface area (Å²) in [5.41, 5.74) is 7.69. The standard InChI is InChI=1S/C15H17NOS/c1-12-2-6-14(7-3-12)17-10-11-18-15-8-4-13(16)5-9-15/h2-9H,10-11,16H2,1H3. The van der Waals surface area contributed by atoms with Crippen LogP contribution >= 0.6 is 11.8 Å². The highest BCUT2D eigenvalue weighted by molar-refractivity contribution is 7.99. The van der Waals surface area contributed by atoms with Gasteiger partial charge in [-0.15, -0.1) is 11.8 Å². The summed E-state index contributed by atoms with van der Waals surface area (Å²) in [5, 5.41) is 0. The van der Waals surface area contributed by atoms with Crippen LogP contribution in [0.4, 0.5) is 5.69 Å². The summed E-state index contributed by atoms with van der Waals surface area (Å²) in [4.78, 5) is 1.22. The van der Waals surface area contributed by atoms with Crippen LogP contribution in [0, 0.1) is 6.92 Å². The van der Waals surface area contributed by atoms with Crippen LogP contribution in [0.2, 0.25) is 0 Å². The SMILES string of the molecule is Cc1ccc(OCCSc2ccc(N)cc2)cc1. The Labute approximate surface area is 112 Å². The first-order chi connectivity index (χ1) is 8.74. The molecule has 18 heavy (non-hydrogen) atoms. The predicted molar refractivity (Wildman–Crippen MR) is 78.3 cm³/mol. The van der Waals surface area contributed by atoms with E-state index in [-0.39, 0.29) is 0 Å². The Kier molecular flexibility index (Phi) is 4.53. The van der Waals surface area contributed by atoms with Crippen LogP contribution in [0.25, 0.3) is 0 Å². The minimum Gasteiger partial charge on any atom is -0.493 e. The Bertz CT molecular complexity index is 431. The third-order valence-corrected chi connectivity index (χ3v) is 3.50. The highest BCUT2D eigenvalue weighted by Crippen LogP contribution is 2.19. The van der Waals surface area contributed by atoms with Gasteiger partial charge in [-0.1, -0.05) is 17.7 Å². The number of anilines is 1. The molecule has 2 N–H and O–H groups in total. The van der Waals surface area contributed by atoms with Crippen LogP contribution in [-0.4, -0.2) is 12.4 Å². The average molecular weight is 259 g/mol. The highest BCUT2D eigenvalue weighted by Gasteiger charge is 1.96. The molecule has 0 heterocycles. The Hall–Kier alpha value is -1.61. The van der Waals surface area contributed by atoms with Gasteiger partial charge in [0.25, 0.3) is 0 Å². The zero-order valence-electron chi connectivity index (χ0n) is 10.4. The summed E-state index contributed by atoms with van der Waals surface area (Å²) in [6, 6.07) is 16.0. The number of ether oxygens (including phenoxy) is 1. The van der Waals surface area contributed by atoms with Crippen molar-refractivity contribution < 1.29 is 4.74 Å². The molecule has 2 aromatic rings. The van der Waals surface area contributed by atoms with Crippen molar-refractivity contribution in [3.8, 4) is 5.75 Å². The van der Waals surface area contributed by atoms with Crippen molar-refractivity contribution in [1.29, 1.82) is 0 Å². The van der Waals surface area contributed by atoms with E-state index in [1.807, 2.05) is 36.4 Å². The van der Waals surface area contributed by atoms with E-state index in [2.05, 4.69) is 19.1 Å². The minimum absolute atomic E-state index is 0.706. The number of hydrogen-bond donors (Lipinski definition) is 1. The van der Waals surface area contributed by atoms with E-state index < -0.39 is 0 Å². The smallest absolute Gasteiger partial charge is 0.119 e. The van der Waals surface area contributed by atoms with Gasteiger partial charge in [0.2, 0.25) is 0 Å². The van der Waals surface area contributed by atoms with Crippen molar-refractivity contribution in [3.63, 3.8) is 0 Å². The quantitative estimate of drug-likeness (QED) is 0.504. The van der Waals surface area contributed by atoms with E-state index >= 15 is 0 Å². The fourth-order valence-electron chi connectivity index (χ4n) is 1.52. The zero-order chi connectivity index (χ0) is 12.8. The summed E-state index contributed by atoms with van der Waals surface area (Å²) < 4.78 is 5.66. The number of rotatable bonds is 5. The molecular weight excluding hydrogens is 242 g/mol. The van der Waals surface area contributed by atoms with Crippen LogP contribution < -0.4 is 10.5 Å². The molecule has 2 rings (SSSR count). The third kappa shape index (κ3) is 4.00. The van der Waals surface area contributed by atoms with Crippen LogP contribution in [0.3, 0.4) is 0 Å². The molecule has 0 saturated carbocycles. The third-order valence-electron chi connectivity index (χ3n) is 2.52. The second-order valence-electron chi connectivity index (χ2n) is 4.08. The van der Waals surface area contributed by atoms with Gasteiger partial charge in [0.15, 0.2) is 0 Å². The van der Waals surface area contributed by atoms with Gasteiger partial charge < -0.3 is 10.5 Å². The van der Waals surface area contributed by atoms with Crippen molar-refractivity contribution in [3.05, 3.63) is 54.1 Å². The summed E-state index contributed by atoms with van der Waals surface area (Å²) >= 11 is 1.77. The van der Waals surface area contributed by atoms with Gasteiger partial charge in [-0.3, -0.25) is 0 Å². The minimum atomic E-state index is 0.706. The van der Waals surface area contributed by atoms with Crippen molar-refractivity contribution >= 4 is 17.4 Å². The summed E-state index contributed by atoms with van der Waals surface area (Å²) in [6.07, 6.45) is 0. The first-order valence-corrected chi connectivity index (χ1v) is 6.90. The fourth-order valence-corrected chi connectivity index (χ4v) is 2.25. The van der Waals surface area contributed by atoms with Crippen molar-refractivity contribution in [2.24, 2.45) is 0 Å². The maximum Gasteiger partial charge on any atom is 0.119 e. The molecule has 0 atom stereocenters. The maximum atomic E-state index is 5.66. The normalized spacial score (nSPS) is 10.3. The lowest BCUT2D eigenvalue weighted by molar-refractivity contribution is 0.344. The Morgan fingerprint density at radius 1 is 1.00 bits per heavy atom. The van der Waals surface area contributed by atoms with Gasteiger partial charge in [-0.2, -0.15) is 0 Å². The Balaban J connectivity index is 1.73. The van der Waals surface area contributed by atoms with Gasteiger partial charge in [0.1, 0.15) is 5.75 Å². The number of nitrogens with two attached hydrogens (primary N) is 1. The lowest BCUT2D eigenvalue weighted by Crippen LogP contribution is -1.99. The van der Waals surface area contributed by atoms with E-state index in [0.717, 1.165) is 17.2 Å². The van der Waals surface area contributed by atoms with Crippen LogP contribution in [0.1, 0.15) is 5.56 Å². The molecule has 94 valence electrons. The number of benzene rings is 2. The van der Waals surface area contributed by atoms with E-state index in [1.165, 1.54) is 10.5 Å². The number of hydrogen-bond acceptors (Lipinski definition) is 3. The lowest BCUT2D eigenvalue weighted by atomic mass is 10.2. The first-order valence-electron chi connectivity index (χ1n) is 5.92. The molecule has 0 fully saturated rings. The second-order valence-corrected chi connectivity index (χ2v) is 5.25. The molecule has 0 spiro atoms. The van der Waals surface area contributed by atoms with Gasteiger partial charge in [0, 0.05) is 16.3 Å². The molecule has 0 aliphatic rings. The molecule has 3 heteroatoms. The van der Waals surface area contributed by atoms with E-state index in [1.54, 1.807) is 11.8 Å². The van der Waals surface area contributed by atoms with Crippen molar-refractivity contribution in [2.45, 2.75) is 11.8 Å². The monoisotopic (exact) mass is 259 g/mol. The average Bonchev–Trinajstić information content (AvgIpc) is 2.39. The number of aryl methyl sites for hydroxylation is 1. The van der Waals surface area contributed by atoms with Crippen LogP contribution in [0.5, 0.6) is 5.75 Å². The Morgan fingerprint density at radius 3 is 2.33 bits per heavy atom. The van der Waals surface area contributed by atoms with E-state index in [9.17, 15) is 0 Å². The molecule has 0 aliphatic carbocycles. The summed E-state index contributed by atoms with van der Waals surface area (Å²) in [7, 11) is 0. The predicted octanol–water partition coefficient (Wildman–Crippen LogP) is 3.75. The van der Waals surface area contributed by atoms with Gasteiger partial charge in [0.05, 0.1) is 6.61 Å². The molecule has 0 aliphatic heterocycles. The Morgan fingerprint density at radius 2 is 1.67 bits per heavy atom. The summed E-state index contributed by atoms with van der Waals surface area (Å²) in [5.74, 6) is 1.86. The van der Waals surface area contributed by atoms with Crippen molar-refractivity contribution in [1.82, 2.24) is 0 Å². The van der Waals surface area contributed by atoms with Gasteiger partial charge >= 0.3 is 0 Å². The lowest BCUT2D eigenvalue weighted by Gasteiger charge is -2.06. The fraction of sp³-hybridized carbons (Fsp3) is 0.200. The molecule has 2 nitrogen and oxygen atoms in total. The molecule has 0 aromatic heterocycles. The molecule has 0 amide bonds. The molecule has 0 bridgehead atoms. The molecule has 2 aromatic carbocycles. The first kappa shape index (κ1) is 12.8. The molecule has 0 radical (unpaired) electrons. The largest absolute Gasteiger partial charge is 0.493 e. The van der Waals surface area contributed by atoms with E-state index in [0.29, 0.717) is 6.61 Å². The van der Waals surface area contributed by atoms with Gasteiger partial charge in [-0.05, 0) is 43.3 Å². The van der Waals surface area contributed by atoms with E-state index in [4.69, 9.17) is 10.5 Å². The maximum absolute atomic E-state index is 5.66. The van der Waals surface area contributed by atoms with Crippen LogP contribution in [0.15, 0.2) is 53.4 Å². The molecule has 0 unspecified atom stereocenters.